The minimum atomic E-state index is -1.40. The molecule has 1 heterocycles. The number of aromatic carboxylic acids is 1. The van der Waals surface area contributed by atoms with Gasteiger partial charge in [-0.15, -0.1) is 0 Å². The molecule has 0 aliphatic rings. The number of amides is 1. The van der Waals surface area contributed by atoms with E-state index in [4.69, 9.17) is 5.11 Å². The zero-order chi connectivity index (χ0) is 14.7. The van der Waals surface area contributed by atoms with E-state index < -0.39 is 22.4 Å². The van der Waals surface area contributed by atoms with Gasteiger partial charge in [0.05, 0.1) is 16.2 Å². The highest BCUT2D eigenvalue weighted by Gasteiger charge is 2.18. The number of benzene rings is 1. The van der Waals surface area contributed by atoms with Gasteiger partial charge >= 0.3 is 5.97 Å². The molecule has 9 nitrogen and oxygen atoms in total. The Hall–Kier alpha value is -3.23. The highest BCUT2D eigenvalue weighted by atomic mass is 16.6. The third-order valence-electron chi connectivity index (χ3n) is 2.36. The van der Waals surface area contributed by atoms with E-state index in [0.29, 0.717) is 0 Å². The topological polar surface area (TPSA) is 136 Å². The summed E-state index contributed by atoms with van der Waals surface area (Å²) in [6.07, 6.45) is 1.18. The van der Waals surface area contributed by atoms with Crippen LogP contribution in [0, 0.1) is 10.1 Å². The average Bonchev–Trinajstić information content (AvgIpc) is 2.92. The maximum Gasteiger partial charge on any atom is 0.338 e. The number of nitrogens with one attached hydrogen (secondary N) is 1. The van der Waals surface area contributed by atoms with E-state index >= 15 is 0 Å². The van der Waals surface area contributed by atoms with Crippen LogP contribution in [0.15, 0.2) is 35.1 Å². The van der Waals surface area contributed by atoms with Crippen molar-refractivity contribution in [2.75, 3.05) is 5.32 Å². The van der Waals surface area contributed by atoms with Gasteiger partial charge in [0, 0.05) is 18.2 Å². The van der Waals surface area contributed by atoms with Gasteiger partial charge in [-0.05, 0) is 6.07 Å². The van der Waals surface area contributed by atoms with Crippen molar-refractivity contribution in [3.63, 3.8) is 0 Å². The van der Waals surface area contributed by atoms with E-state index in [1.54, 1.807) is 0 Å². The lowest BCUT2D eigenvalue weighted by atomic mass is 10.1. The van der Waals surface area contributed by atoms with Crippen LogP contribution in [0.4, 0.5) is 11.4 Å². The number of aromatic nitrogens is 1. The summed E-state index contributed by atoms with van der Waals surface area (Å²) in [5.41, 5.74) is -0.895. The molecule has 2 aromatic rings. The van der Waals surface area contributed by atoms with E-state index in [1.807, 2.05) is 0 Å². The molecule has 2 rings (SSSR count). The van der Waals surface area contributed by atoms with Crippen LogP contribution in [-0.4, -0.2) is 27.1 Å². The summed E-state index contributed by atoms with van der Waals surface area (Å²) >= 11 is 0. The zero-order valence-electron chi connectivity index (χ0n) is 9.77. The number of carboxylic acids is 1. The van der Waals surface area contributed by atoms with Crippen molar-refractivity contribution in [1.29, 1.82) is 0 Å². The molecular formula is C11H7N3O6. The van der Waals surface area contributed by atoms with E-state index in [9.17, 15) is 19.7 Å². The van der Waals surface area contributed by atoms with Crippen LogP contribution in [0.25, 0.3) is 0 Å². The molecule has 0 aliphatic carbocycles. The third kappa shape index (κ3) is 2.61. The van der Waals surface area contributed by atoms with Gasteiger partial charge < -0.3 is 14.9 Å². The fourth-order valence-corrected chi connectivity index (χ4v) is 1.45. The maximum absolute atomic E-state index is 11.7. The van der Waals surface area contributed by atoms with Crippen molar-refractivity contribution >= 4 is 23.3 Å². The Balaban J connectivity index is 2.34. The molecule has 0 bridgehead atoms. The summed E-state index contributed by atoms with van der Waals surface area (Å²) in [6, 6.07) is 4.38. The van der Waals surface area contributed by atoms with Gasteiger partial charge in [-0.25, -0.2) is 4.79 Å². The molecule has 1 aromatic heterocycles. The average molecular weight is 277 g/mol. The second kappa shape index (κ2) is 5.18. The number of hydrogen-bond acceptors (Lipinski definition) is 6. The van der Waals surface area contributed by atoms with Crippen molar-refractivity contribution in [3.05, 3.63) is 51.9 Å². The van der Waals surface area contributed by atoms with Crippen LogP contribution >= 0.6 is 0 Å². The number of carbonyl (C=O) groups excluding carboxylic acids is 1. The molecule has 9 heteroatoms. The molecule has 0 aliphatic heterocycles. The number of nitro groups is 1. The van der Waals surface area contributed by atoms with Crippen LogP contribution in [-0.2, 0) is 0 Å². The summed E-state index contributed by atoms with van der Waals surface area (Å²) in [4.78, 5) is 32.6. The number of anilines is 1. The lowest BCUT2D eigenvalue weighted by Crippen LogP contribution is -2.15. The van der Waals surface area contributed by atoms with Crippen molar-refractivity contribution in [2.24, 2.45) is 0 Å². The standard InChI is InChI=1S/C11H7N3O6/c15-10(9-3-4-20-13-9)12-8-2-1-6(14(18)19)5-7(8)11(16)17/h1-5H,(H,12,15)(H,16,17). The van der Waals surface area contributed by atoms with Crippen molar-refractivity contribution < 1.29 is 24.1 Å². The Morgan fingerprint density at radius 1 is 1.35 bits per heavy atom. The molecule has 20 heavy (non-hydrogen) atoms. The molecule has 0 fully saturated rings. The first kappa shape index (κ1) is 13.2. The molecule has 0 radical (unpaired) electrons. The summed E-state index contributed by atoms with van der Waals surface area (Å²) in [5.74, 6) is -2.08. The van der Waals surface area contributed by atoms with Gasteiger partial charge in [-0.1, -0.05) is 5.16 Å². The van der Waals surface area contributed by atoms with Gasteiger partial charge in [0.25, 0.3) is 11.6 Å². The van der Waals surface area contributed by atoms with E-state index in [2.05, 4.69) is 15.0 Å². The van der Waals surface area contributed by atoms with Gasteiger partial charge in [0.2, 0.25) is 0 Å². The van der Waals surface area contributed by atoms with Gasteiger partial charge in [-0.2, -0.15) is 0 Å². The van der Waals surface area contributed by atoms with Crippen LogP contribution in [0.3, 0.4) is 0 Å². The number of non-ortho nitro benzene ring substituents is 1. The van der Waals surface area contributed by atoms with Gasteiger partial charge in [0.1, 0.15) is 6.26 Å². The van der Waals surface area contributed by atoms with Crippen molar-refractivity contribution in [1.82, 2.24) is 5.16 Å². The second-order valence-electron chi connectivity index (χ2n) is 3.63. The molecular weight excluding hydrogens is 270 g/mol. The number of hydrogen-bond donors (Lipinski definition) is 2. The first-order valence-electron chi connectivity index (χ1n) is 5.22. The normalized spacial score (nSPS) is 10.0. The minimum absolute atomic E-state index is 0.0420. The highest BCUT2D eigenvalue weighted by molar-refractivity contribution is 6.06. The molecule has 0 saturated carbocycles. The maximum atomic E-state index is 11.7. The fraction of sp³-hybridized carbons (Fsp3) is 0. The number of nitrogens with zero attached hydrogens (tertiary/aromatic N) is 2. The van der Waals surface area contributed by atoms with Crippen LogP contribution in [0.1, 0.15) is 20.8 Å². The Bertz CT molecular complexity index is 679. The van der Waals surface area contributed by atoms with Gasteiger partial charge in [-0.3, -0.25) is 14.9 Å². The zero-order valence-corrected chi connectivity index (χ0v) is 9.77. The number of carbonyl (C=O) groups is 2. The molecule has 1 aromatic carbocycles. The SMILES string of the molecule is O=C(Nc1ccc([N+](=O)[O-])cc1C(=O)O)c1ccon1. The van der Waals surface area contributed by atoms with Crippen molar-refractivity contribution in [2.45, 2.75) is 0 Å². The van der Waals surface area contributed by atoms with Crippen LogP contribution in [0.5, 0.6) is 0 Å². The molecule has 0 saturated heterocycles. The largest absolute Gasteiger partial charge is 0.478 e. The first-order valence-corrected chi connectivity index (χ1v) is 5.22. The summed E-state index contributed by atoms with van der Waals surface area (Å²) in [6.45, 7) is 0. The number of rotatable bonds is 4. The van der Waals surface area contributed by atoms with E-state index in [1.165, 1.54) is 12.3 Å². The monoisotopic (exact) mass is 277 g/mol. The molecule has 102 valence electrons. The Morgan fingerprint density at radius 3 is 2.65 bits per heavy atom. The summed E-state index contributed by atoms with van der Waals surface area (Å²) in [5, 5.41) is 25.3. The second-order valence-corrected chi connectivity index (χ2v) is 3.63. The van der Waals surface area contributed by atoms with E-state index in [-0.39, 0.29) is 17.1 Å². The lowest BCUT2D eigenvalue weighted by molar-refractivity contribution is -0.384. The Morgan fingerprint density at radius 2 is 2.10 bits per heavy atom. The highest BCUT2D eigenvalue weighted by Crippen LogP contribution is 2.22. The smallest absolute Gasteiger partial charge is 0.338 e. The number of nitro benzene ring substituents is 1. The molecule has 0 unspecified atom stereocenters. The Labute approximate surface area is 111 Å². The minimum Gasteiger partial charge on any atom is -0.478 e. The van der Waals surface area contributed by atoms with Gasteiger partial charge in [0.15, 0.2) is 5.69 Å². The quantitative estimate of drug-likeness (QED) is 0.638. The molecule has 0 atom stereocenters. The lowest BCUT2D eigenvalue weighted by Gasteiger charge is -2.06. The van der Waals surface area contributed by atoms with Crippen LogP contribution in [0.2, 0.25) is 0 Å². The molecule has 1 amide bonds. The first-order chi connectivity index (χ1) is 9.49. The fourth-order valence-electron chi connectivity index (χ4n) is 1.45. The summed E-state index contributed by atoms with van der Waals surface area (Å²) in [7, 11) is 0. The third-order valence-corrected chi connectivity index (χ3v) is 2.36. The molecule has 0 spiro atoms. The predicted octanol–water partition coefficient (Wildman–Crippen LogP) is 1.53. The number of carboxylic acid groups (broad SMARTS) is 1. The van der Waals surface area contributed by atoms with E-state index in [0.717, 1.165) is 18.2 Å². The summed E-state index contributed by atoms with van der Waals surface area (Å²) < 4.78 is 4.49. The predicted molar refractivity (Wildman–Crippen MR) is 64.5 cm³/mol. The molecule has 2 N–H and O–H groups in total. The van der Waals surface area contributed by atoms with Crippen LogP contribution < -0.4 is 5.32 Å². The van der Waals surface area contributed by atoms with Crippen molar-refractivity contribution in [3.8, 4) is 0 Å². The Kier molecular flexibility index (Phi) is 3.42.